The third-order valence-electron chi connectivity index (χ3n) is 4.14. The zero-order chi connectivity index (χ0) is 20.8. The topological polar surface area (TPSA) is 47.6 Å². The van der Waals surface area contributed by atoms with E-state index in [2.05, 4.69) is 5.32 Å². The number of anilines is 1. The van der Waals surface area contributed by atoms with Gasteiger partial charge in [-0.25, -0.2) is 0 Å². The quantitative estimate of drug-likeness (QED) is 0.421. The summed E-state index contributed by atoms with van der Waals surface area (Å²) in [4.78, 5) is 12.5. The lowest BCUT2D eigenvalue weighted by Crippen LogP contribution is -2.13. The van der Waals surface area contributed by atoms with E-state index in [0.29, 0.717) is 44.4 Å². The summed E-state index contributed by atoms with van der Waals surface area (Å²) in [6.45, 7) is 0. The van der Waals surface area contributed by atoms with Gasteiger partial charge in [-0.2, -0.15) is 0 Å². The molecule has 0 atom stereocenters. The molecule has 3 aromatic carbocycles. The summed E-state index contributed by atoms with van der Waals surface area (Å²) in [7, 11) is 1.56. The number of carbonyl (C=O) groups excluding carboxylic acids is 1. The second-order valence-corrected chi connectivity index (χ2v) is 7.46. The van der Waals surface area contributed by atoms with Crippen molar-refractivity contribution in [3.8, 4) is 17.2 Å². The van der Waals surface area contributed by atoms with Gasteiger partial charge in [0.25, 0.3) is 0 Å². The van der Waals surface area contributed by atoms with Crippen LogP contribution in [-0.2, 0) is 11.2 Å². The van der Waals surface area contributed by atoms with Crippen LogP contribution in [-0.4, -0.2) is 13.0 Å². The fraction of sp³-hybridized carbons (Fsp3) is 0.136. The number of rotatable bonds is 7. The largest absolute Gasteiger partial charge is 0.493 e. The summed E-state index contributed by atoms with van der Waals surface area (Å²) in [5, 5.41) is 4.42. The standard InChI is InChI=1S/C22H18Cl3NO3/c1-28-20-4-2-3-5-21(20)29-19-10-9-16(24)13-18(19)26-22(27)11-7-14-6-8-15(23)12-17(14)25/h2-6,8-10,12-13H,7,11H2,1H3,(H,26,27). The Bertz CT molecular complexity index is 1020. The van der Waals surface area contributed by atoms with E-state index in [1.807, 2.05) is 18.2 Å². The number of aryl methyl sites for hydroxylation is 1. The normalized spacial score (nSPS) is 10.5. The lowest BCUT2D eigenvalue weighted by atomic mass is 10.1. The molecule has 0 radical (unpaired) electrons. The van der Waals surface area contributed by atoms with E-state index < -0.39 is 0 Å². The van der Waals surface area contributed by atoms with Crippen molar-refractivity contribution in [3.63, 3.8) is 0 Å². The SMILES string of the molecule is COc1ccccc1Oc1ccc(Cl)cc1NC(=O)CCc1ccc(Cl)cc1Cl. The van der Waals surface area contributed by atoms with Gasteiger partial charge in [-0.15, -0.1) is 0 Å². The van der Waals surface area contributed by atoms with Crippen LogP contribution in [0.4, 0.5) is 5.69 Å². The summed E-state index contributed by atoms with van der Waals surface area (Å²) < 4.78 is 11.3. The molecule has 3 aromatic rings. The molecule has 3 rings (SSSR count). The van der Waals surface area contributed by atoms with Crippen molar-refractivity contribution in [1.29, 1.82) is 0 Å². The molecular weight excluding hydrogens is 433 g/mol. The molecule has 0 heterocycles. The Morgan fingerprint density at radius 3 is 2.31 bits per heavy atom. The highest BCUT2D eigenvalue weighted by Crippen LogP contribution is 2.36. The second-order valence-electron chi connectivity index (χ2n) is 6.18. The average Bonchev–Trinajstić information content (AvgIpc) is 2.69. The molecule has 1 N–H and O–H groups in total. The molecular formula is C22H18Cl3NO3. The maximum Gasteiger partial charge on any atom is 0.224 e. The van der Waals surface area contributed by atoms with E-state index in [-0.39, 0.29) is 12.3 Å². The van der Waals surface area contributed by atoms with Crippen LogP contribution in [0.5, 0.6) is 17.2 Å². The third kappa shape index (κ3) is 5.80. The Kier molecular flexibility index (Phi) is 7.26. The van der Waals surface area contributed by atoms with E-state index in [1.165, 1.54) is 0 Å². The predicted molar refractivity (Wildman–Crippen MR) is 118 cm³/mol. The molecule has 0 aliphatic carbocycles. The van der Waals surface area contributed by atoms with Crippen molar-refractivity contribution in [1.82, 2.24) is 0 Å². The number of hydrogen-bond donors (Lipinski definition) is 1. The molecule has 0 aliphatic heterocycles. The number of nitrogens with one attached hydrogen (secondary N) is 1. The summed E-state index contributed by atoms with van der Waals surface area (Å²) in [5.41, 5.74) is 1.32. The molecule has 150 valence electrons. The van der Waals surface area contributed by atoms with Crippen LogP contribution in [0.15, 0.2) is 60.7 Å². The highest BCUT2D eigenvalue weighted by molar-refractivity contribution is 6.35. The first kappa shape index (κ1) is 21.3. The van der Waals surface area contributed by atoms with Crippen LogP contribution < -0.4 is 14.8 Å². The number of hydrogen-bond acceptors (Lipinski definition) is 3. The van der Waals surface area contributed by atoms with Gasteiger partial charge in [0.05, 0.1) is 12.8 Å². The summed E-state index contributed by atoms with van der Waals surface area (Å²) in [5.74, 6) is 1.37. The maximum absolute atomic E-state index is 12.5. The number of halogens is 3. The number of ether oxygens (including phenoxy) is 2. The van der Waals surface area contributed by atoms with Crippen LogP contribution in [0, 0.1) is 0 Å². The van der Waals surface area contributed by atoms with Crippen LogP contribution in [0.25, 0.3) is 0 Å². The lowest BCUT2D eigenvalue weighted by Gasteiger charge is -2.15. The van der Waals surface area contributed by atoms with Crippen LogP contribution >= 0.6 is 34.8 Å². The van der Waals surface area contributed by atoms with Gasteiger partial charge < -0.3 is 14.8 Å². The van der Waals surface area contributed by atoms with Gasteiger partial charge >= 0.3 is 0 Å². The molecule has 1 amide bonds. The van der Waals surface area contributed by atoms with Gasteiger partial charge in [-0.3, -0.25) is 4.79 Å². The van der Waals surface area contributed by atoms with Gasteiger partial charge in [0.15, 0.2) is 17.2 Å². The first-order chi connectivity index (χ1) is 14.0. The molecule has 0 unspecified atom stereocenters. The summed E-state index contributed by atoms with van der Waals surface area (Å²) >= 11 is 18.2. The van der Waals surface area contributed by atoms with Crippen LogP contribution in [0.2, 0.25) is 15.1 Å². The van der Waals surface area contributed by atoms with Gasteiger partial charge in [0.1, 0.15) is 0 Å². The summed E-state index contributed by atoms with van der Waals surface area (Å²) in [6, 6.07) is 17.5. The van der Waals surface area contributed by atoms with Crippen molar-refractivity contribution in [2.24, 2.45) is 0 Å². The molecule has 0 bridgehead atoms. The molecule has 0 aromatic heterocycles. The number of benzene rings is 3. The minimum atomic E-state index is -0.192. The monoisotopic (exact) mass is 449 g/mol. The first-order valence-electron chi connectivity index (χ1n) is 8.80. The first-order valence-corrected chi connectivity index (χ1v) is 9.94. The highest BCUT2D eigenvalue weighted by Gasteiger charge is 2.13. The maximum atomic E-state index is 12.5. The number of methoxy groups -OCH3 is 1. The van der Waals surface area contributed by atoms with Gasteiger partial charge in [0, 0.05) is 21.5 Å². The zero-order valence-corrected chi connectivity index (χ0v) is 17.8. The van der Waals surface area contributed by atoms with E-state index >= 15 is 0 Å². The van der Waals surface area contributed by atoms with E-state index in [1.54, 1.807) is 49.6 Å². The number of para-hydroxylation sites is 2. The molecule has 0 spiro atoms. The van der Waals surface area contributed by atoms with Crippen LogP contribution in [0.1, 0.15) is 12.0 Å². The molecule has 0 saturated carbocycles. The van der Waals surface area contributed by atoms with Crippen LogP contribution in [0.3, 0.4) is 0 Å². The molecule has 0 aliphatic rings. The predicted octanol–water partition coefficient (Wildman–Crippen LogP) is 7.02. The number of amides is 1. The summed E-state index contributed by atoms with van der Waals surface area (Å²) in [6.07, 6.45) is 0.715. The van der Waals surface area contributed by atoms with Crippen molar-refractivity contribution >= 4 is 46.4 Å². The molecule has 0 saturated heterocycles. The van der Waals surface area contributed by atoms with E-state index in [4.69, 9.17) is 44.3 Å². The highest BCUT2D eigenvalue weighted by atomic mass is 35.5. The van der Waals surface area contributed by atoms with Crippen molar-refractivity contribution in [3.05, 3.63) is 81.3 Å². The molecule has 4 nitrogen and oxygen atoms in total. The number of carbonyl (C=O) groups is 1. The van der Waals surface area contributed by atoms with E-state index in [9.17, 15) is 4.79 Å². The molecule has 0 fully saturated rings. The van der Waals surface area contributed by atoms with Gasteiger partial charge in [-0.1, -0.05) is 53.0 Å². The van der Waals surface area contributed by atoms with Crippen molar-refractivity contribution in [2.75, 3.05) is 12.4 Å². The zero-order valence-electron chi connectivity index (χ0n) is 15.5. The Hall–Kier alpha value is -2.40. The fourth-order valence-electron chi connectivity index (χ4n) is 2.70. The lowest BCUT2D eigenvalue weighted by molar-refractivity contribution is -0.116. The van der Waals surface area contributed by atoms with E-state index in [0.717, 1.165) is 5.56 Å². The molecule has 29 heavy (non-hydrogen) atoms. The third-order valence-corrected chi connectivity index (χ3v) is 4.96. The smallest absolute Gasteiger partial charge is 0.224 e. The van der Waals surface area contributed by atoms with Crippen molar-refractivity contribution < 1.29 is 14.3 Å². The van der Waals surface area contributed by atoms with Crippen molar-refractivity contribution in [2.45, 2.75) is 12.8 Å². The minimum absolute atomic E-state index is 0.192. The Morgan fingerprint density at radius 1 is 0.897 bits per heavy atom. The average molecular weight is 451 g/mol. The minimum Gasteiger partial charge on any atom is -0.493 e. The second kappa shape index (κ2) is 9.88. The molecule has 7 heteroatoms. The Morgan fingerprint density at radius 2 is 1.59 bits per heavy atom. The van der Waals surface area contributed by atoms with Gasteiger partial charge in [0.2, 0.25) is 5.91 Å². The Balaban J connectivity index is 1.72. The Labute approximate surface area is 184 Å². The van der Waals surface area contributed by atoms with Gasteiger partial charge in [-0.05, 0) is 54.4 Å². The fourth-order valence-corrected chi connectivity index (χ4v) is 3.37.